The summed E-state index contributed by atoms with van der Waals surface area (Å²) in [4.78, 5) is 24.9. The van der Waals surface area contributed by atoms with E-state index in [1.54, 1.807) is 0 Å². The number of rotatable bonds is 3. The van der Waals surface area contributed by atoms with E-state index in [2.05, 4.69) is 0 Å². The summed E-state index contributed by atoms with van der Waals surface area (Å²) in [6.45, 7) is 2.38. The van der Waals surface area contributed by atoms with Crippen LogP contribution in [0, 0.1) is 6.92 Å². The van der Waals surface area contributed by atoms with Gasteiger partial charge < -0.3 is 20.0 Å². The Labute approximate surface area is 165 Å². The number of aliphatic carboxylic acids is 1. The number of amides is 1. The number of carbonyl (C=O) groups is 2. The fourth-order valence-corrected chi connectivity index (χ4v) is 4.59. The van der Waals surface area contributed by atoms with Crippen molar-refractivity contribution in [1.29, 1.82) is 0 Å². The van der Waals surface area contributed by atoms with Crippen molar-refractivity contribution in [2.45, 2.75) is 24.9 Å². The van der Waals surface area contributed by atoms with Crippen LogP contribution in [0.4, 0.5) is 0 Å². The first kappa shape index (κ1) is 18.2. The highest BCUT2D eigenvalue weighted by Gasteiger charge is 2.50. The monoisotopic (exact) mass is 472 g/mol. The molecule has 2 atom stereocenters. The van der Waals surface area contributed by atoms with Crippen molar-refractivity contribution in [3.63, 3.8) is 0 Å². The number of halogens is 1. The molecule has 1 saturated heterocycles. The maximum Gasteiger partial charge on any atom is 0.248 e. The Morgan fingerprint density at radius 1 is 1.48 bits per heavy atom. The Bertz CT molecular complexity index is 910. The normalized spacial score (nSPS) is 22.5. The third-order valence-corrected chi connectivity index (χ3v) is 5.99. The molecule has 4 heterocycles. The number of carboxylic acid groups (broad SMARTS) is 1. The molecule has 2 aromatic rings. The molecular formula is C16H17IN4O3S. The van der Waals surface area contributed by atoms with E-state index in [0.29, 0.717) is 17.9 Å². The smallest absolute Gasteiger partial charge is 0.248 e. The summed E-state index contributed by atoms with van der Waals surface area (Å²) in [5.41, 5.74) is 8.47. The van der Waals surface area contributed by atoms with Gasteiger partial charge in [0.05, 0.1) is 17.9 Å². The quantitative estimate of drug-likeness (QED) is 0.366. The largest absolute Gasteiger partial charge is 0.543 e. The maximum atomic E-state index is 12.0. The second kappa shape index (κ2) is 6.61. The molecule has 2 aliphatic heterocycles. The Balaban J connectivity index is 0.00000182. The van der Waals surface area contributed by atoms with Crippen LogP contribution < -0.4 is 15.4 Å². The molecule has 1 amide bonds. The van der Waals surface area contributed by atoms with Crippen LogP contribution in [0.15, 0.2) is 42.0 Å². The number of thioether (sulfide) groups is 1. The number of nitrogens with two attached hydrogens (primary N) is 1. The molecule has 0 radical (unpaired) electrons. The minimum Gasteiger partial charge on any atom is -0.543 e. The minimum atomic E-state index is -1.32. The lowest BCUT2D eigenvalue weighted by atomic mass is 10.0. The van der Waals surface area contributed by atoms with Crippen molar-refractivity contribution in [2.24, 2.45) is 5.73 Å². The molecule has 25 heavy (non-hydrogen) atoms. The van der Waals surface area contributed by atoms with Crippen LogP contribution in [0.5, 0.6) is 0 Å². The first-order chi connectivity index (χ1) is 11.5. The highest BCUT2D eigenvalue weighted by atomic mass is 127. The summed E-state index contributed by atoms with van der Waals surface area (Å²) in [5.74, 6) is -1.16. The van der Waals surface area contributed by atoms with Crippen molar-refractivity contribution >= 4 is 53.1 Å². The van der Waals surface area contributed by atoms with Crippen LogP contribution in [0.3, 0.4) is 0 Å². The van der Waals surface area contributed by atoms with E-state index in [9.17, 15) is 14.7 Å². The molecule has 2 aromatic heterocycles. The van der Waals surface area contributed by atoms with E-state index >= 15 is 0 Å². The fraction of sp³-hybridized carbons (Fsp3) is 0.312. The first-order valence-corrected chi connectivity index (χ1v) is 8.63. The van der Waals surface area contributed by atoms with Gasteiger partial charge in [-0.05, 0) is 12.1 Å². The highest BCUT2D eigenvalue weighted by Crippen LogP contribution is 2.39. The van der Waals surface area contributed by atoms with Gasteiger partial charge in [0.15, 0.2) is 12.7 Å². The Morgan fingerprint density at radius 2 is 2.24 bits per heavy atom. The summed E-state index contributed by atoms with van der Waals surface area (Å²) in [6, 6.07) is 3.33. The van der Waals surface area contributed by atoms with Crippen LogP contribution in [0.2, 0.25) is 0 Å². The number of carbonyl (C=O) groups excluding carboxylic acids is 2. The summed E-state index contributed by atoms with van der Waals surface area (Å²) >= 11 is 1.50. The Hall–Kier alpha value is -1.59. The van der Waals surface area contributed by atoms with Gasteiger partial charge in [-0.2, -0.15) is 4.57 Å². The molecular weight excluding hydrogens is 455 g/mol. The van der Waals surface area contributed by atoms with Crippen LogP contribution >= 0.6 is 35.7 Å². The van der Waals surface area contributed by atoms with Crippen LogP contribution in [-0.2, 0) is 16.1 Å². The minimum absolute atomic E-state index is 0. The van der Waals surface area contributed by atoms with Crippen molar-refractivity contribution < 1.29 is 19.3 Å². The first-order valence-electron chi connectivity index (χ1n) is 7.58. The van der Waals surface area contributed by atoms with Gasteiger partial charge >= 0.3 is 0 Å². The predicted octanol–water partition coefficient (Wildman–Crippen LogP) is -0.600. The van der Waals surface area contributed by atoms with Crippen molar-refractivity contribution in [2.75, 3.05) is 5.75 Å². The number of hydrogen-bond acceptors (Lipinski definition) is 5. The van der Waals surface area contributed by atoms with Gasteiger partial charge in [0, 0.05) is 24.4 Å². The van der Waals surface area contributed by atoms with Crippen LogP contribution in [0.1, 0.15) is 5.69 Å². The summed E-state index contributed by atoms with van der Waals surface area (Å²) in [5, 5.41) is 11.3. The molecule has 0 bridgehead atoms. The van der Waals surface area contributed by atoms with Crippen molar-refractivity contribution in [1.82, 2.24) is 9.30 Å². The van der Waals surface area contributed by atoms with Gasteiger partial charge in [0.25, 0.3) is 0 Å². The molecule has 0 saturated carbocycles. The predicted molar refractivity (Wildman–Crippen MR) is 101 cm³/mol. The number of nitrogens with zero attached hydrogens (tertiary/aromatic N) is 3. The second-order valence-electron chi connectivity index (χ2n) is 5.99. The number of β-lactam (4-membered cyclic amide) rings is 1. The lowest BCUT2D eigenvalue weighted by Gasteiger charge is -2.49. The van der Waals surface area contributed by atoms with Gasteiger partial charge in [0.2, 0.25) is 11.6 Å². The van der Waals surface area contributed by atoms with E-state index in [4.69, 9.17) is 5.73 Å². The molecule has 0 spiro atoms. The molecule has 9 heteroatoms. The number of carboxylic acids is 1. The zero-order valence-corrected chi connectivity index (χ0v) is 16.6. The number of hydrogen-bond donors (Lipinski definition) is 1. The van der Waals surface area contributed by atoms with Gasteiger partial charge in [-0.15, -0.1) is 35.7 Å². The van der Waals surface area contributed by atoms with E-state index < -0.39 is 12.0 Å². The summed E-state index contributed by atoms with van der Waals surface area (Å²) in [7, 11) is 0. The van der Waals surface area contributed by atoms with E-state index in [-0.39, 0.29) is 41.0 Å². The number of fused-ring (bicyclic) bond motifs is 2. The van der Waals surface area contributed by atoms with Crippen molar-refractivity contribution in [3.8, 4) is 0 Å². The average Bonchev–Trinajstić information content (AvgIpc) is 3.05. The molecule has 1 fully saturated rings. The van der Waals surface area contributed by atoms with E-state index in [0.717, 1.165) is 11.2 Å². The van der Waals surface area contributed by atoms with E-state index in [1.165, 1.54) is 16.7 Å². The molecule has 1 unspecified atom stereocenters. The highest BCUT2D eigenvalue weighted by molar-refractivity contribution is 14.0. The Morgan fingerprint density at radius 3 is 2.96 bits per heavy atom. The molecule has 132 valence electrons. The van der Waals surface area contributed by atoms with Gasteiger partial charge in [-0.3, -0.25) is 9.69 Å². The molecule has 0 aromatic carbocycles. The molecule has 2 N–H and O–H groups in total. The lowest BCUT2D eigenvalue weighted by molar-refractivity contribution is -0.694. The number of aromatic nitrogens is 2. The molecule has 7 nitrogen and oxygen atoms in total. The van der Waals surface area contributed by atoms with Gasteiger partial charge in [0.1, 0.15) is 16.9 Å². The van der Waals surface area contributed by atoms with Crippen molar-refractivity contribution in [3.05, 3.63) is 47.7 Å². The van der Waals surface area contributed by atoms with E-state index in [1.807, 2.05) is 46.6 Å². The van der Waals surface area contributed by atoms with Crippen LogP contribution in [0.25, 0.3) is 5.52 Å². The van der Waals surface area contributed by atoms with Gasteiger partial charge in [-0.1, -0.05) is 0 Å². The standard InChI is InChI=1S/C16H16N4O3S.HI/c1-9-11-3-2-4-18(11)5-6-19(9)7-10-8-24-15-12(17)14(21)20(15)13(10)16(22)23;/h2-6,12,15H,7-8,17H2,1H3;1H/t12?,15-;/m1./s1. The van der Waals surface area contributed by atoms with Gasteiger partial charge in [-0.25, -0.2) is 0 Å². The zero-order valence-electron chi connectivity index (χ0n) is 13.4. The average molecular weight is 472 g/mol. The molecule has 2 aliphatic rings. The Kier molecular flexibility index (Phi) is 4.82. The zero-order chi connectivity index (χ0) is 17.0. The van der Waals surface area contributed by atoms with Crippen LogP contribution in [-0.4, -0.2) is 38.3 Å². The maximum absolute atomic E-state index is 12.0. The fourth-order valence-electron chi connectivity index (χ4n) is 3.31. The SMILES string of the molecule is Cc1c2cccn2cc[n+]1CC1=C(C(=O)[O-])N2C(=O)C(N)[C@H]2SC1.I. The molecule has 4 rings (SSSR count). The number of aryl methyl sites for hydroxylation is 1. The topological polar surface area (TPSA) is 94.8 Å². The third kappa shape index (κ3) is 2.74. The molecule has 0 aliphatic carbocycles. The summed E-state index contributed by atoms with van der Waals surface area (Å²) in [6.07, 6.45) is 5.79. The third-order valence-electron chi connectivity index (χ3n) is 4.63. The second-order valence-corrected chi connectivity index (χ2v) is 7.09. The summed E-state index contributed by atoms with van der Waals surface area (Å²) < 4.78 is 3.99. The lowest BCUT2D eigenvalue weighted by Crippen LogP contribution is -2.69.